The Morgan fingerprint density at radius 3 is 1.59 bits per heavy atom. The summed E-state index contributed by atoms with van der Waals surface area (Å²) in [6.07, 6.45) is 1.83. The van der Waals surface area contributed by atoms with E-state index in [4.69, 9.17) is 19.6 Å². The first-order valence-electron chi connectivity index (χ1n) is 16.0. The Kier molecular flexibility index (Phi) is 8.16. The minimum absolute atomic E-state index is 0.367. The molecule has 2 heterocycles. The molecule has 0 bridgehead atoms. The smallest absolute Gasteiger partial charge is 0.504 e. The summed E-state index contributed by atoms with van der Waals surface area (Å²) in [6, 6.07) is 52.9. The number of aromatic nitrogens is 4. The third-order valence-electron chi connectivity index (χ3n) is 8.45. The molecular weight excluding hydrogens is 603 g/mol. The molecule has 49 heavy (non-hydrogen) atoms. The van der Waals surface area contributed by atoms with Crippen molar-refractivity contribution in [2.75, 3.05) is 0 Å². The van der Waals surface area contributed by atoms with Crippen molar-refractivity contribution in [3.05, 3.63) is 164 Å². The molecule has 8 rings (SSSR count). The van der Waals surface area contributed by atoms with Crippen LogP contribution in [0.15, 0.2) is 164 Å². The standard InChI is InChI=1S/C42H29BN4O2/c48-43-49-37-21-7-16-33(27-37)31-14-4-13-30(24-31)32-15-5-18-35(25-32)41-45-40(29-10-2-1-3-11-29)46-42(47-41)36-19-6-17-34(26-36)38-22-8-12-28-20-9-23-44-39(28)38/h1-27,43,48H. The van der Waals surface area contributed by atoms with Crippen molar-refractivity contribution in [3.8, 4) is 73.3 Å². The van der Waals surface area contributed by atoms with Crippen molar-refractivity contribution >= 4 is 18.6 Å². The molecular formula is C42H29BN4O2. The van der Waals surface area contributed by atoms with Gasteiger partial charge in [0.2, 0.25) is 0 Å². The second-order valence-electron chi connectivity index (χ2n) is 11.6. The van der Waals surface area contributed by atoms with Gasteiger partial charge in [-0.25, -0.2) is 15.0 Å². The molecule has 0 saturated carbocycles. The van der Waals surface area contributed by atoms with E-state index in [0.717, 1.165) is 61.0 Å². The third kappa shape index (κ3) is 6.31. The normalized spacial score (nSPS) is 11.0. The summed E-state index contributed by atoms with van der Waals surface area (Å²) >= 11 is 0. The minimum atomic E-state index is -0.367. The second-order valence-corrected chi connectivity index (χ2v) is 11.6. The average molecular weight is 633 g/mol. The third-order valence-corrected chi connectivity index (χ3v) is 8.45. The van der Waals surface area contributed by atoms with Crippen LogP contribution in [0.5, 0.6) is 5.75 Å². The molecule has 6 nitrogen and oxygen atoms in total. The molecule has 6 aromatic carbocycles. The van der Waals surface area contributed by atoms with Gasteiger partial charge < -0.3 is 9.68 Å². The zero-order valence-electron chi connectivity index (χ0n) is 26.4. The monoisotopic (exact) mass is 632 g/mol. The number of para-hydroxylation sites is 1. The van der Waals surface area contributed by atoms with Crippen molar-refractivity contribution in [2.24, 2.45) is 0 Å². The maximum absolute atomic E-state index is 9.21. The Morgan fingerprint density at radius 1 is 0.429 bits per heavy atom. The zero-order chi connectivity index (χ0) is 33.0. The Labute approximate surface area is 284 Å². The van der Waals surface area contributed by atoms with Gasteiger partial charge in [-0.1, -0.05) is 121 Å². The van der Waals surface area contributed by atoms with Gasteiger partial charge in [-0.3, -0.25) is 4.98 Å². The highest BCUT2D eigenvalue weighted by atomic mass is 16.5. The van der Waals surface area contributed by atoms with E-state index in [1.807, 2.05) is 97.2 Å². The molecule has 0 aliphatic heterocycles. The van der Waals surface area contributed by atoms with Gasteiger partial charge in [0.25, 0.3) is 0 Å². The average Bonchev–Trinajstić information content (AvgIpc) is 3.18. The predicted molar refractivity (Wildman–Crippen MR) is 198 cm³/mol. The van der Waals surface area contributed by atoms with Crippen LogP contribution < -0.4 is 4.65 Å². The Bertz CT molecular complexity index is 2430. The SMILES string of the molecule is OBOc1cccc(-c2cccc(-c3cccc(-c4nc(-c5ccccc5)nc(-c5cccc(-c6cccc7cccnc67)c5)n4)c3)c2)c1. The lowest BCUT2D eigenvalue weighted by Crippen LogP contribution is -2.00. The number of benzene rings is 6. The van der Waals surface area contributed by atoms with Gasteiger partial charge in [-0.15, -0.1) is 0 Å². The van der Waals surface area contributed by atoms with E-state index in [0.29, 0.717) is 23.2 Å². The Balaban J connectivity index is 1.21. The summed E-state index contributed by atoms with van der Waals surface area (Å²) in [6.45, 7) is 0. The fourth-order valence-electron chi connectivity index (χ4n) is 6.07. The molecule has 1 N–H and O–H groups in total. The predicted octanol–water partition coefficient (Wildman–Crippen LogP) is 9.06. The largest absolute Gasteiger partial charge is 0.539 e. The maximum atomic E-state index is 9.21. The molecule has 0 atom stereocenters. The van der Waals surface area contributed by atoms with Gasteiger partial charge in [-0.2, -0.15) is 0 Å². The van der Waals surface area contributed by atoms with Crippen molar-refractivity contribution in [3.63, 3.8) is 0 Å². The van der Waals surface area contributed by atoms with Crippen LogP contribution in [0.25, 0.3) is 78.4 Å². The van der Waals surface area contributed by atoms with E-state index in [-0.39, 0.29) is 7.69 Å². The molecule has 8 aromatic rings. The highest BCUT2D eigenvalue weighted by Crippen LogP contribution is 2.33. The molecule has 0 aliphatic rings. The number of pyridine rings is 1. The van der Waals surface area contributed by atoms with Crippen LogP contribution in [0.1, 0.15) is 0 Å². The van der Waals surface area contributed by atoms with E-state index >= 15 is 0 Å². The van der Waals surface area contributed by atoms with Gasteiger partial charge in [0.1, 0.15) is 5.75 Å². The molecule has 0 unspecified atom stereocenters. The lowest BCUT2D eigenvalue weighted by Gasteiger charge is -2.12. The molecule has 0 aliphatic carbocycles. The van der Waals surface area contributed by atoms with Crippen LogP contribution in [0, 0.1) is 0 Å². The van der Waals surface area contributed by atoms with Crippen LogP contribution in [-0.2, 0) is 0 Å². The number of hydrogen-bond acceptors (Lipinski definition) is 6. The van der Waals surface area contributed by atoms with E-state index in [2.05, 4.69) is 71.7 Å². The van der Waals surface area contributed by atoms with Crippen LogP contribution in [0.2, 0.25) is 0 Å². The van der Waals surface area contributed by atoms with Gasteiger partial charge in [0, 0.05) is 33.8 Å². The minimum Gasteiger partial charge on any atom is -0.539 e. The molecule has 0 fully saturated rings. The number of nitrogens with zero attached hydrogens (tertiary/aromatic N) is 4. The Morgan fingerprint density at radius 2 is 0.918 bits per heavy atom. The summed E-state index contributed by atoms with van der Waals surface area (Å²) in [5.74, 6) is 2.41. The van der Waals surface area contributed by atoms with Gasteiger partial charge in [0.15, 0.2) is 17.5 Å². The number of hydrogen-bond donors (Lipinski definition) is 1. The van der Waals surface area contributed by atoms with Crippen LogP contribution in [0.3, 0.4) is 0 Å². The summed E-state index contributed by atoms with van der Waals surface area (Å²) in [7, 11) is -0.367. The lowest BCUT2D eigenvalue weighted by atomic mass is 9.97. The highest BCUT2D eigenvalue weighted by molar-refractivity contribution is 6.17. The Hall–Kier alpha value is -6.44. The molecule has 0 radical (unpaired) electrons. The lowest BCUT2D eigenvalue weighted by molar-refractivity contribution is 0.454. The van der Waals surface area contributed by atoms with E-state index < -0.39 is 0 Å². The number of rotatable bonds is 8. The summed E-state index contributed by atoms with van der Waals surface area (Å²) in [5, 5.41) is 10.3. The maximum Gasteiger partial charge on any atom is 0.504 e. The number of fused-ring (bicyclic) bond motifs is 1. The molecule has 232 valence electrons. The van der Waals surface area contributed by atoms with Crippen molar-refractivity contribution in [2.45, 2.75) is 0 Å². The van der Waals surface area contributed by atoms with Crippen molar-refractivity contribution < 1.29 is 9.68 Å². The molecule has 0 saturated heterocycles. The van der Waals surface area contributed by atoms with E-state index in [1.165, 1.54) is 0 Å². The first-order valence-corrected chi connectivity index (χ1v) is 16.0. The highest BCUT2D eigenvalue weighted by Gasteiger charge is 2.15. The van der Waals surface area contributed by atoms with Crippen molar-refractivity contribution in [1.82, 2.24) is 19.9 Å². The first kappa shape index (κ1) is 29.9. The summed E-state index contributed by atoms with van der Waals surface area (Å²) in [4.78, 5) is 19.7. The topological polar surface area (TPSA) is 81.0 Å². The van der Waals surface area contributed by atoms with Crippen LogP contribution >= 0.6 is 0 Å². The second kappa shape index (κ2) is 13.4. The first-order chi connectivity index (χ1) is 24.2. The van der Waals surface area contributed by atoms with Crippen LogP contribution in [-0.4, -0.2) is 32.6 Å². The van der Waals surface area contributed by atoms with E-state index in [9.17, 15) is 5.02 Å². The van der Waals surface area contributed by atoms with Gasteiger partial charge >= 0.3 is 7.69 Å². The quantitative estimate of drug-likeness (QED) is 0.168. The summed E-state index contributed by atoms with van der Waals surface area (Å²) in [5.41, 5.74) is 9.88. The van der Waals surface area contributed by atoms with E-state index in [1.54, 1.807) is 0 Å². The van der Waals surface area contributed by atoms with Gasteiger partial charge in [-0.05, 0) is 64.2 Å². The van der Waals surface area contributed by atoms with Crippen LogP contribution in [0.4, 0.5) is 0 Å². The van der Waals surface area contributed by atoms with Gasteiger partial charge in [0.05, 0.1) is 5.52 Å². The molecule has 0 amide bonds. The molecule has 7 heteroatoms. The fourth-order valence-corrected chi connectivity index (χ4v) is 6.07. The fraction of sp³-hybridized carbons (Fsp3) is 0. The summed E-state index contributed by atoms with van der Waals surface area (Å²) < 4.78 is 5.31. The molecule has 0 spiro atoms. The molecule has 2 aromatic heterocycles. The van der Waals surface area contributed by atoms with Crippen molar-refractivity contribution in [1.29, 1.82) is 0 Å². The zero-order valence-corrected chi connectivity index (χ0v) is 26.4.